The Morgan fingerprint density at radius 2 is 2.15 bits per heavy atom. The molecule has 1 atom stereocenters. The standard InChI is InChI=1S/C14H22FN3O2/c1-8(2)18-9-5-6-17-10(12(9)13(16)19)7-11(15)14(3,4)20/h5-6,8,11,20H,7H2,1-4H3,(H2,16,19)(H,17,18). The van der Waals surface area contributed by atoms with E-state index in [2.05, 4.69) is 10.3 Å². The van der Waals surface area contributed by atoms with E-state index in [4.69, 9.17) is 5.73 Å². The molecule has 20 heavy (non-hydrogen) atoms. The summed E-state index contributed by atoms with van der Waals surface area (Å²) in [5.74, 6) is -0.667. The van der Waals surface area contributed by atoms with Crippen LogP contribution < -0.4 is 11.1 Å². The number of alkyl halides is 1. The fourth-order valence-corrected chi connectivity index (χ4v) is 1.79. The summed E-state index contributed by atoms with van der Waals surface area (Å²) >= 11 is 0. The van der Waals surface area contributed by atoms with E-state index < -0.39 is 17.7 Å². The Labute approximate surface area is 118 Å². The average molecular weight is 283 g/mol. The van der Waals surface area contributed by atoms with E-state index in [1.165, 1.54) is 20.0 Å². The van der Waals surface area contributed by atoms with Crippen LogP contribution in [0.5, 0.6) is 0 Å². The molecule has 112 valence electrons. The van der Waals surface area contributed by atoms with E-state index in [1.807, 2.05) is 13.8 Å². The molecule has 1 aromatic heterocycles. The van der Waals surface area contributed by atoms with Crippen molar-refractivity contribution in [3.63, 3.8) is 0 Å². The number of halogens is 1. The third-order valence-electron chi connectivity index (χ3n) is 2.86. The van der Waals surface area contributed by atoms with Crippen molar-refractivity contribution in [2.45, 2.75) is 51.9 Å². The third-order valence-corrected chi connectivity index (χ3v) is 2.86. The molecule has 6 heteroatoms. The first-order valence-electron chi connectivity index (χ1n) is 6.53. The largest absolute Gasteiger partial charge is 0.387 e. The van der Waals surface area contributed by atoms with Gasteiger partial charge >= 0.3 is 0 Å². The summed E-state index contributed by atoms with van der Waals surface area (Å²) in [5.41, 5.74) is 4.82. The minimum atomic E-state index is -1.54. The average Bonchev–Trinajstić information content (AvgIpc) is 2.26. The van der Waals surface area contributed by atoms with Gasteiger partial charge in [0.15, 0.2) is 0 Å². The van der Waals surface area contributed by atoms with E-state index in [-0.39, 0.29) is 23.7 Å². The Kier molecular flexibility index (Phi) is 5.05. The van der Waals surface area contributed by atoms with E-state index in [9.17, 15) is 14.3 Å². The highest BCUT2D eigenvalue weighted by Gasteiger charge is 2.29. The third kappa shape index (κ3) is 4.16. The second kappa shape index (κ2) is 6.17. The van der Waals surface area contributed by atoms with Gasteiger partial charge in [-0.3, -0.25) is 9.78 Å². The number of nitrogens with two attached hydrogens (primary N) is 1. The maximum absolute atomic E-state index is 14.0. The highest BCUT2D eigenvalue weighted by molar-refractivity contribution is 5.99. The Bertz CT molecular complexity index is 484. The maximum atomic E-state index is 14.0. The zero-order valence-electron chi connectivity index (χ0n) is 12.3. The summed E-state index contributed by atoms with van der Waals surface area (Å²) < 4.78 is 14.0. The number of anilines is 1. The minimum Gasteiger partial charge on any atom is -0.387 e. The minimum absolute atomic E-state index is 0.0961. The summed E-state index contributed by atoms with van der Waals surface area (Å²) in [7, 11) is 0. The molecule has 0 aliphatic carbocycles. The molecular formula is C14H22FN3O2. The lowest BCUT2D eigenvalue weighted by atomic mass is 9.96. The van der Waals surface area contributed by atoms with Gasteiger partial charge in [0.1, 0.15) is 6.17 Å². The van der Waals surface area contributed by atoms with Gasteiger partial charge < -0.3 is 16.2 Å². The molecule has 1 heterocycles. The van der Waals surface area contributed by atoms with Gasteiger partial charge in [0.2, 0.25) is 0 Å². The predicted octanol–water partition coefficient (Wildman–Crippen LogP) is 1.65. The topological polar surface area (TPSA) is 88.2 Å². The predicted molar refractivity (Wildman–Crippen MR) is 76.4 cm³/mol. The number of nitrogens with one attached hydrogen (secondary N) is 1. The van der Waals surface area contributed by atoms with Crippen molar-refractivity contribution in [1.29, 1.82) is 0 Å². The second-order valence-electron chi connectivity index (χ2n) is 5.67. The number of carbonyl (C=O) groups is 1. The van der Waals surface area contributed by atoms with Crippen LogP contribution in [0, 0.1) is 0 Å². The molecule has 1 rings (SSSR count). The lowest BCUT2D eigenvalue weighted by Crippen LogP contribution is -2.35. The number of amides is 1. The fourth-order valence-electron chi connectivity index (χ4n) is 1.79. The molecule has 0 aliphatic rings. The van der Waals surface area contributed by atoms with Crippen molar-refractivity contribution in [3.8, 4) is 0 Å². The van der Waals surface area contributed by atoms with Crippen LogP contribution in [0.1, 0.15) is 43.7 Å². The number of primary amides is 1. The zero-order chi connectivity index (χ0) is 15.5. The molecule has 0 saturated heterocycles. The number of rotatable bonds is 6. The maximum Gasteiger partial charge on any atom is 0.252 e. The van der Waals surface area contributed by atoms with Crippen molar-refractivity contribution in [1.82, 2.24) is 4.98 Å². The molecule has 1 aromatic rings. The van der Waals surface area contributed by atoms with E-state index in [0.717, 1.165) is 0 Å². The van der Waals surface area contributed by atoms with Crippen molar-refractivity contribution in [2.24, 2.45) is 5.73 Å². The smallest absolute Gasteiger partial charge is 0.252 e. The summed E-state index contributed by atoms with van der Waals surface area (Å²) in [6.45, 7) is 6.58. The molecular weight excluding hydrogens is 261 g/mol. The first kappa shape index (κ1) is 16.4. The lowest BCUT2D eigenvalue weighted by molar-refractivity contribution is -0.00307. The zero-order valence-corrected chi connectivity index (χ0v) is 12.3. The van der Waals surface area contributed by atoms with Crippen LogP contribution in [0.4, 0.5) is 10.1 Å². The number of aromatic nitrogens is 1. The number of carbonyl (C=O) groups excluding carboxylic acids is 1. The first-order chi connectivity index (χ1) is 9.12. The van der Waals surface area contributed by atoms with E-state index >= 15 is 0 Å². The molecule has 0 fully saturated rings. The van der Waals surface area contributed by atoms with Crippen LogP contribution in [0.15, 0.2) is 12.3 Å². The molecule has 5 nitrogen and oxygen atoms in total. The molecule has 0 bridgehead atoms. The summed E-state index contributed by atoms with van der Waals surface area (Å²) in [6, 6.07) is 1.72. The van der Waals surface area contributed by atoms with Crippen LogP contribution in [0.25, 0.3) is 0 Å². The number of nitrogens with zero attached hydrogens (tertiary/aromatic N) is 1. The quantitative estimate of drug-likeness (QED) is 0.740. The van der Waals surface area contributed by atoms with Gasteiger partial charge in [-0.15, -0.1) is 0 Å². The Morgan fingerprint density at radius 3 is 2.60 bits per heavy atom. The van der Waals surface area contributed by atoms with Crippen LogP contribution in [-0.4, -0.2) is 33.8 Å². The summed E-state index contributed by atoms with van der Waals surface area (Å²) in [6.07, 6.45) is -0.221. The van der Waals surface area contributed by atoms with Gasteiger partial charge in [-0.1, -0.05) is 0 Å². The summed E-state index contributed by atoms with van der Waals surface area (Å²) in [4.78, 5) is 15.6. The lowest BCUT2D eigenvalue weighted by Gasteiger charge is -2.23. The number of aliphatic hydroxyl groups is 1. The van der Waals surface area contributed by atoms with E-state index in [1.54, 1.807) is 6.07 Å². The van der Waals surface area contributed by atoms with Gasteiger partial charge in [-0.25, -0.2) is 4.39 Å². The Hall–Kier alpha value is -1.69. The monoisotopic (exact) mass is 283 g/mol. The van der Waals surface area contributed by atoms with Gasteiger partial charge in [0.25, 0.3) is 5.91 Å². The van der Waals surface area contributed by atoms with Crippen molar-refractivity contribution >= 4 is 11.6 Å². The van der Waals surface area contributed by atoms with Crippen LogP contribution in [-0.2, 0) is 6.42 Å². The molecule has 0 aliphatic heterocycles. The Morgan fingerprint density at radius 1 is 1.55 bits per heavy atom. The van der Waals surface area contributed by atoms with Crippen molar-refractivity contribution in [3.05, 3.63) is 23.5 Å². The molecule has 0 saturated carbocycles. The molecule has 4 N–H and O–H groups in total. The van der Waals surface area contributed by atoms with Gasteiger partial charge in [-0.05, 0) is 33.8 Å². The van der Waals surface area contributed by atoms with Crippen molar-refractivity contribution in [2.75, 3.05) is 5.32 Å². The van der Waals surface area contributed by atoms with Crippen LogP contribution in [0.3, 0.4) is 0 Å². The second-order valence-corrected chi connectivity index (χ2v) is 5.67. The van der Waals surface area contributed by atoms with Crippen LogP contribution in [0.2, 0.25) is 0 Å². The first-order valence-corrected chi connectivity index (χ1v) is 6.53. The highest BCUT2D eigenvalue weighted by atomic mass is 19.1. The molecule has 0 spiro atoms. The number of hydrogen-bond donors (Lipinski definition) is 3. The fraction of sp³-hybridized carbons (Fsp3) is 0.571. The molecule has 0 aromatic carbocycles. The number of hydrogen-bond acceptors (Lipinski definition) is 4. The molecule has 1 amide bonds. The van der Waals surface area contributed by atoms with Gasteiger partial charge in [0.05, 0.1) is 22.5 Å². The summed E-state index contributed by atoms with van der Waals surface area (Å²) in [5, 5.41) is 12.7. The van der Waals surface area contributed by atoms with Gasteiger partial charge in [0, 0.05) is 18.7 Å². The van der Waals surface area contributed by atoms with Gasteiger partial charge in [-0.2, -0.15) is 0 Å². The molecule has 0 radical (unpaired) electrons. The number of pyridine rings is 1. The molecule has 1 unspecified atom stereocenters. The normalized spacial score (nSPS) is 13.3. The van der Waals surface area contributed by atoms with Crippen LogP contribution >= 0.6 is 0 Å². The van der Waals surface area contributed by atoms with E-state index in [0.29, 0.717) is 5.69 Å². The SMILES string of the molecule is CC(C)Nc1ccnc(CC(F)C(C)(C)O)c1C(N)=O. The highest BCUT2D eigenvalue weighted by Crippen LogP contribution is 2.23. The Balaban J connectivity index is 3.16. The van der Waals surface area contributed by atoms with Crippen molar-refractivity contribution < 1.29 is 14.3 Å².